The first-order valence-electron chi connectivity index (χ1n) is 9.80. The molecule has 0 spiro atoms. The molecule has 152 valence electrons. The minimum atomic E-state index is -0.0662. The molecule has 2 unspecified atom stereocenters. The van der Waals surface area contributed by atoms with Gasteiger partial charge in [0.25, 0.3) is 5.91 Å². The Morgan fingerprint density at radius 3 is 2.90 bits per heavy atom. The minimum absolute atomic E-state index is 0.0640. The molecule has 0 aromatic heterocycles. The Labute approximate surface area is 174 Å². The van der Waals surface area contributed by atoms with Crippen LogP contribution in [0.15, 0.2) is 55.2 Å². The van der Waals surface area contributed by atoms with Crippen LogP contribution in [0.3, 0.4) is 0 Å². The van der Waals surface area contributed by atoms with Crippen LogP contribution in [0, 0.1) is 18.3 Å². The van der Waals surface area contributed by atoms with E-state index in [4.69, 9.17) is 6.42 Å². The summed E-state index contributed by atoms with van der Waals surface area (Å²) in [4.78, 5) is 15.0. The molecule has 29 heavy (non-hydrogen) atoms. The van der Waals surface area contributed by atoms with Crippen LogP contribution in [0.2, 0.25) is 0 Å². The fourth-order valence-electron chi connectivity index (χ4n) is 3.27. The third kappa shape index (κ3) is 5.61. The number of terminal acetylenes is 1. The number of nitrogens with zero attached hydrogens (tertiary/aromatic N) is 3. The van der Waals surface area contributed by atoms with Crippen LogP contribution in [0.5, 0.6) is 0 Å². The number of benzene rings is 1. The predicted molar refractivity (Wildman–Crippen MR) is 123 cm³/mol. The SMILES string of the molecule is C#CC1C=NN(CCNc2cccc(C=C)c2C(=O)N(C)C(C=C)CCC=C)C1. The van der Waals surface area contributed by atoms with Crippen LogP contribution < -0.4 is 5.32 Å². The van der Waals surface area contributed by atoms with Gasteiger partial charge in [0.2, 0.25) is 0 Å². The number of carbonyl (C=O) groups excluding carboxylic acids is 1. The number of hydrogen-bond acceptors (Lipinski definition) is 4. The highest BCUT2D eigenvalue weighted by Crippen LogP contribution is 2.24. The molecule has 1 N–H and O–H groups in total. The minimum Gasteiger partial charge on any atom is -0.383 e. The Hall–Kier alpha value is -3.26. The molecule has 0 bridgehead atoms. The van der Waals surface area contributed by atoms with Gasteiger partial charge in [-0.2, -0.15) is 5.10 Å². The summed E-state index contributed by atoms with van der Waals surface area (Å²) < 4.78 is 0. The highest BCUT2D eigenvalue weighted by Gasteiger charge is 2.23. The lowest BCUT2D eigenvalue weighted by atomic mass is 10.0. The zero-order valence-corrected chi connectivity index (χ0v) is 17.2. The van der Waals surface area contributed by atoms with Crippen molar-refractivity contribution < 1.29 is 4.79 Å². The number of hydrazone groups is 1. The van der Waals surface area contributed by atoms with E-state index in [0.29, 0.717) is 18.7 Å². The van der Waals surface area contributed by atoms with E-state index in [1.165, 1.54) is 0 Å². The Bertz CT molecular complexity index is 821. The van der Waals surface area contributed by atoms with Crippen LogP contribution in [0.4, 0.5) is 5.69 Å². The van der Waals surface area contributed by atoms with E-state index in [1.807, 2.05) is 29.3 Å². The van der Waals surface area contributed by atoms with E-state index in [-0.39, 0.29) is 17.9 Å². The summed E-state index contributed by atoms with van der Waals surface area (Å²) in [6.07, 6.45) is 14.2. The van der Waals surface area contributed by atoms with Crippen molar-refractivity contribution in [1.29, 1.82) is 0 Å². The van der Waals surface area contributed by atoms with Crippen LogP contribution in [0.1, 0.15) is 28.8 Å². The second-order valence-corrected chi connectivity index (χ2v) is 6.94. The molecular formula is C24H30N4O. The number of carbonyl (C=O) groups is 1. The predicted octanol–water partition coefficient (Wildman–Crippen LogP) is 3.89. The molecule has 1 aliphatic heterocycles. The van der Waals surface area contributed by atoms with Crippen LogP contribution >= 0.6 is 0 Å². The molecule has 0 fully saturated rings. The lowest BCUT2D eigenvalue weighted by Crippen LogP contribution is -2.36. The molecule has 0 saturated carbocycles. The molecule has 1 aliphatic rings. The summed E-state index contributed by atoms with van der Waals surface area (Å²) in [5.41, 5.74) is 2.19. The van der Waals surface area contributed by atoms with E-state index < -0.39 is 0 Å². The van der Waals surface area contributed by atoms with E-state index in [2.05, 4.69) is 36.1 Å². The van der Waals surface area contributed by atoms with Gasteiger partial charge in [-0.15, -0.1) is 19.6 Å². The highest BCUT2D eigenvalue weighted by molar-refractivity contribution is 6.03. The molecule has 2 atom stereocenters. The molecular weight excluding hydrogens is 360 g/mol. The molecule has 0 aliphatic carbocycles. The average molecular weight is 391 g/mol. The lowest BCUT2D eigenvalue weighted by Gasteiger charge is -2.27. The van der Waals surface area contributed by atoms with Gasteiger partial charge in [0.05, 0.1) is 24.6 Å². The second kappa shape index (κ2) is 10.9. The summed E-state index contributed by atoms with van der Waals surface area (Å²) in [7, 11) is 1.81. The fourth-order valence-corrected chi connectivity index (χ4v) is 3.27. The van der Waals surface area contributed by atoms with Gasteiger partial charge in [-0.25, -0.2) is 0 Å². The Morgan fingerprint density at radius 2 is 2.28 bits per heavy atom. The molecule has 1 heterocycles. The normalized spacial score (nSPS) is 16.0. The molecule has 5 heteroatoms. The lowest BCUT2D eigenvalue weighted by molar-refractivity contribution is 0.0756. The monoisotopic (exact) mass is 390 g/mol. The smallest absolute Gasteiger partial charge is 0.256 e. The van der Waals surface area contributed by atoms with Crippen LogP contribution in [-0.4, -0.2) is 54.8 Å². The number of likely N-dealkylation sites (N-methyl/N-ethyl adjacent to an activating group) is 1. The van der Waals surface area contributed by atoms with Gasteiger partial charge in [0, 0.05) is 31.5 Å². The third-order valence-electron chi connectivity index (χ3n) is 5.00. The fraction of sp³-hybridized carbons (Fsp3) is 0.333. The van der Waals surface area contributed by atoms with Crippen molar-refractivity contribution in [3.8, 4) is 12.3 Å². The van der Waals surface area contributed by atoms with Crippen molar-refractivity contribution >= 4 is 23.9 Å². The summed E-state index contributed by atoms with van der Waals surface area (Å²) in [5.74, 6) is 2.70. The van der Waals surface area contributed by atoms with Gasteiger partial charge in [-0.1, -0.05) is 42.9 Å². The number of anilines is 1. The molecule has 1 aromatic carbocycles. The maximum atomic E-state index is 13.3. The maximum absolute atomic E-state index is 13.3. The van der Waals surface area contributed by atoms with Crippen molar-refractivity contribution in [3.63, 3.8) is 0 Å². The summed E-state index contributed by atoms with van der Waals surface area (Å²) in [6, 6.07) is 5.67. The van der Waals surface area contributed by atoms with Crippen LogP contribution in [0.25, 0.3) is 6.08 Å². The topological polar surface area (TPSA) is 47.9 Å². The zero-order valence-electron chi connectivity index (χ0n) is 17.2. The van der Waals surface area contributed by atoms with Gasteiger partial charge in [-0.3, -0.25) is 9.80 Å². The summed E-state index contributed by atoms with van der Waals surface area (Å²) in [6.45, 7) is 13.6. The van der Waals surface area contributed by atoms with Gasteiger partial charge in [0.1, 0.15) is 0 Å². The number of amides is 1. The first-order valence-corrected chi connectivity index (χ1v) is 9.80. The van der Waals surface area contributed by atoms with E-state index in [0.717, 1.165) is 30.6 Å². The molecule has 0 saturated heterocycles. The van der Waals surface area contributed by atoms with E-state index in [1.54, 1.807) is 30.3 Å². The molecule has 5 nitrogen and oxygen atoms in total. The van der Waals surface area contributed by atoms with Gasteiger partial charge in [-0.05, 0) is 24.5 Å². The average Bonchev–Trinajstić information content (AvgIpc) is 3.21. The zero-order chi connectivity index (χ0) is 21.2. The standard InChI is InChI=1S/C24H30N4O/c1-6-10-13-21(9-4)27(5)24(29)23-20(8-3)12-11-14-22(23)25-15-16-28-18-19(7-2)17-26-28/h2,6,8-9,11-12,14,17,19,21,25H,1,3-4,10,13,15-16,18H2,5H3. The molecule has 0 radical (unpaired) electrons. The van der Waals surface area contributed by atoms with E-state index in [9.17, 15) is 4.79 Å². The van der Waals surface area contributed by atoms with Gasteiger partial charge < -0.3 is 10.2 Å². The number of allylic oxidation sites excluding steroid dienone is 1. The number of hydrogen-bond donors (Lipinski definition) is 1. The number of nitrogens with one attached hydrogen (secondary N) is 1. The quantitative estimate of drug-likeness (QED) is 0.461. The largest absolute Gasteiger partial charge is 0.383 e. The third-order valence-corrected chi connectivity index (χ3v) is 5.00. The van der Waals surface area contributed by atoms with Gasteiger partial charge >= 0.3 is 0 Å². The van der Waals surface area contributed by atoms with E-state index >= 15 is 0 Å². The Morgan fingerprint density at radius 1 is 1.48 bits per heavy atom. The Kier molecular flexibility index (Phi) is 8.29. The van der Waals surface area contributed by atoms with Gasteiger partial charge in [0.15, 0.2) is 0 Å². The summed E-state index contributed by atoms with van der Waals surface area (Å²) >= 11 is 0. The van der Waals surface area contributed by atoms with Crippen molar-refractivity contribution in [2.24, 2.45) is 11.0 Å². The molecule has 2 rings (SSSR count). The van der Waals surface area contributed by atoms with Crippen molar-refractivity contribution in [2.75, 3.05) is 32.0 Å². The van der Waals surface area contributed by atoms with Crippen molar-refractivity contribution in [3.05, 3.63) is 61.2 Å². The Balaban J connectivity index is 2.14. The maximum Gasteiger partial charge on any atom is 0.256 e. The molecule has 1 aromatic rings. The number of rotatable bonds is 11. The second-order valence-electron chi connectivity index (χ2n) is 6.94. The highest BCUT2D eigenvalue weighted by atomic mass is 16.2. The first-order chi connectivity index (χ1) is 14.0. The van der Waals surface area contributed by atoms with Crippen molar-refractivity contribution in [1.82, 2.24) is 9.91 Å². The van der Waals surface area contributed by atoms with Crippen molar-refractivity contribution in [2.45, 2.75) is 18.9 Å². The van der Waals surface area contributed by atoms with Crippen LogP contribution in [-0.2, 0) is 0 Å². The first kappa shape index (κ1) is 22.0. The molecule has 1 amide bonds. The summed E-state index contributed by atoms with van der Waals surface area (Å²) in [5, 5.41) is 9.63.